The fourth-order valence-corrected chi connectivity index (χ4v) is 4.10. The van der Waals surface area contributed by atoms with Gasteiger partial charge in [-0.15, -0.1) is 0 Å². The van der Waals surface area contributed by atoms with Crippen LogP contribution in [0.5, 0.6) is 0 Å². The third-order valence-corrected chi connectivity index (χ3v) is 5.41. The van der Waals surface area contributed by atoms with E-state index in [1.54, 1.807) is 0 Å². The van der Waals surface area contributed by atoms with Gasteiger partial charge in [-0.05, 0) is 82.4 Å². The fraction of sp³-hybridized carbons (Fsp3) is 0.722. The number of likely N-dealkylation sites (tertiary alicyclic amines) is 2. The Balaban J connectivity index is 1.51. The van der Waals surface area contributed by atoms with E-state index >= 15 is 0 Å². The molecule has 1 aromatic heterocycles. The molecule has 0 amide bonds. The number of hydrogen-bond acceptors (Lipinski definition) is 3. The lowest BCUT2D eigenvalue weighted by Gasteiger charge is -2.39. The van der Waals surface area contributed by atoms with E-state index in [0.29, 0.717) is 0 Å². The van der Waals surface area contributed by atoms with Gasteiger partial charge in [0.05, 0.1) is 0 Å². The summed E-state index contributed by atoms with van der Waals surface area (Å²) in [6.45, 7) is 7.44. The van der Waals surface area contributed by atoms with Crippen LogP contribution >= 0.6 is 0 Å². The molecule has 0 aromatic carbocycles. The summed E-state index contributed by atoms with van der Waals surface area (Å²) < 4.78 is 0. The Morgan fingerprint density at radius 3 is 2.57 bits per heavy atom. The molecule has 2 saturated heterocycles. The highest BCUT2D eigenvalue weighted by molar-refractivity contribution is 5.10. The second-order valence-corrected chi connectivity index (χ2v) is 6.59. The highest BCUT2D eigenvalue weighted by Crippen LogP contribution is 2.28. The Bertz CT molecular complexity index is 412. The van der Waals surface area contributed by atoms with Crippen molar-refractivity contribution in [1.82, 2.24) is 14.8 Å². The molecule has 0 aliphatic carbocycles. The van der Waals surface area contributed by atoms with Gasteiger partial charge in [0, 0.05) is 24.5 Å². The topological polar surface area (TPSA) is 19.4 Å². The van der Waals surface area contributed by atoms with Crippen LogP contribution in [0.15, 0.2) is 24.5 Å². The molecule has 3 nitrogen and oxygen atoms in total. The fourth-order valence-electron chi connectivity index (χ4n) is 4.10. The van der Waals surface area contributed by atoms with Crippen LogP contribution in [0.4, 0.5) is 0 Å². The van der Waals surface area contributed by atoms with Crippen molar-refractivity contribution in [2.75, 3.05) is 26.2 Å². The molecule has 116 valence electrons. The lowest BCUT2D eigenvalue weighted by atomic mass is 9.99. The van der Waals surface area contributed by atoms with Crippen LogP contribution in [0, 0.1) is 0 Å². The van der Waals surface area contributed by atoms with E-state index in [-0.39, 0.29) is 0 Å². The maximum atomic E-state index is 4.11. The summed E-state index contributed by atoms with van der Waals surface area (Å²) in [4.78, 5) is 9.55. The van der Waals surface area contributed by atoms with Crippen molar-refractivity contribution in [1.29, 1.82) is 0 Å². The van der Waals surface area contributed by atoms with E-state index in [4.69, 9.17) is 0 Å². The van der Waals surface area contributed by atoms with Crippen LogP contribution in [0.25, 0.3) is 0 Å². The Kier molecular flexibility index (Phi) is 5.26. The SMILES string of the molecule is CCN1CCC(N2CCC[C@@H]2CCc2ccncc2)CC1. The minimum Gasteiger partial charge on any atom is -0.303 e. The predicted molar refractivity (Wildman–Crippen MR) is 87.4 cm³/mol. The second-order valence-electron chi connectivity index (χ2n) is 6.59. The third-order valence-electron chi connectivity index (χ3n) is 5.41. The number of aryl methyl sites for hydroxylation is 1. The second kappa shape index (κ2) is 7.37. The molecule has 2 aliphatic rings. The molecule has 0 spiro atoms. The number of piperidine rings is 1. The maximum Gasteiger partial charge on any atom is 0.0270 e. The molecule has 1 aromatic rings. The minimum absolute atomic E-state index is 0.816. The molecule has 0 radical (unpaired) electrons. The highest BCUT2D eigenvalue weighted by atomic mass is 15.2. The quantitative estimate of drug-likeness (QED) is 0.830. The van der Waals surface area contributed by atoms with Gasteiger partial charge in [-0.1, -0.05) is 6.92 Å². The van der Waals surface area contributed by atoms with Gasteiger partial charge in [0.15, 0.2) is 0 Å². The Morgan fingerprint density at radius 2 is 1.86 bits per heavy atom. The standard InChI is InChI=1S/C18H29N3/c1-2-20-14-9-18(10-15-20)21-13-3-4-17(21)6-5-16-7-11-19-12-8-16/h7-8,11-12,17-18H,2-6,9-10,13-15H2,1H3/t17-/m1/s1. The zero-order chi connectivity index (χ0) is 14.5. The Morgan fingerprint density at radius 1 is 1.10 bits per heavy atom. The van der Waals surface area contributed by atoms with Crippen LogP contribution in [0.3, 0.4) is 0 Å². The number of hydrogen-bond donors (Lipinski definition) is 0. The van der Waals surface area contributed by atoms with Gasteiger partial charge in [0.2, 0.25) is 0 Å². The van der Waals surface area contributed by atoms with Gasteiger partial charge in [-0.3, -0.25) is 9.88 Å². The highest BCUT2D eigenvalue weighted by Gasteiger charge is 2.32. The van der Waals surface area contributed by atoms with Crippen molar-refractivity contribution < 1.29 is 0 Å². The van der Waals surface area contributed by atoms with E-state index in [0.717, 1.165) is 12.1 Å². The summed E-state index contributed by atoms with van der Waals surface area (Å²) >= 11 is 0. The maximum absolute atomic E-state index is 4.11. The molecule has 1 atom stereocenters. The van der Waals surface area contributed by atoms with Gasteiger partial charge in [-0.25, -0.2) is 0 Å². The van der Waals surface area contributed by atoms with Gasteiger partial charge < -0.3 is 4.90 Å². The summed E-state index contributed by atoms with van der Waals surface area (Å²) in [6, 6.07) is 5.99. The van der Waals surface area contributed by atoms with Gasteiger partial charge >= 0.3 is 0 Å². The van der Waals surface area contributed by atoms with Gasteiger partial charge in [-0.2, -0.15) is 0 Å². The molecule has 2 aliphatic heterocycles. The van der Waals surface area contributed by atoms with Crippen molar-refractivity contribution in [3.63, 3.8) is 0 Å². The Hall–Kier alpha value is -0.930. The van der Waals surface area contributed by atoms with Crippen molar-refractivity contribution in [2.24, 2.45) is 0 Å². The first kappa shape index (κ1) is 15.0. The third kappa shape index (κ3) is 3.83. The molecule has 0 N–H and O–H groups in total. The predicted octanol–water partition coefficient (Wildman–Crippen LogP) is 2.96. The van der Waals surface area contributed by atoms with Crippen molar-refractivity contribution in [3.8, 4) is 0 Å². The average molecular weight is 287 g/mol. The lowest BCUT2D eigenvalue weighted by Crippen LogP contribution is -2.46. The first-order chi connectivity index (χ1) is 10.4. The molecule has 2 fully saturated rings. The average Bonchev–Trinajstić information content (AvgIpc) is 3.02. The zero-order valence-corrected chi connectivity index (χ0v) is 13.4. The summed E-state index contributed by atoms with van der Waals surface area (Å²) in [5.41, 5.74) is 1.44. The zero-order valence-electron chi connectivity index (χ0n) is 13.4. The number of nitrogens with zero attached hydrogens (tertiary/aromatic N) is 3. The van der Waals surface area contributed by atoms with E-state index < -0.39 is 0 Å². The van der Waals surface area contributed by atoms with Crippen LogP contribution in [-0.2, 0) is 6.42 Å². The van der Waals surface area contributed by atoms with Crippen LogP contribution in [-0.4, -0.2) is 53.0 Å². The number of pyridine rings is 1. The van der Waals surface area contributed by atoms with Crippen molar-refractivity contribution in [3.05, 3.63) is 30.1 Å². The minimum atomic E-state index is 0.816. The molecule has 3 rings (SSSR count). The molecule has 21 heavy (non-hydrogen) atoms. The van der Waals surface area contributed by atoms with Crippen LogP contribution in [0.2, 0.25) is 0 Å². The molecular formula is C18H29N3. The monoisotopic (exact) mass is 287 g/mol. The largest absolute Gasteiger partial charge is 0.303 e. The molecule has 0 bridgehead atoms. The van der Waals surface area contributed by atoms with Gasteiger partial charge in [0.25, 0.3) is 0 Å². The molecule has 3 heteroatoms. The molecule has 0 saturated carbocycles. The summed E-state index contributed by atoms with van der Waals surface area (Å²) in [6.07, 6.45) is 11.9. The van der Waals surface area contributed by atoms with Crippen molar-refractivity contribution >= 4 is 0 Å². The first-order valence-electron chi connectivity index (χ1n) is 8.74. The lowest BCUT2D eigenvalue weighted by molar-refractivity contribution is 0.0982. The normalized spacial score (nSPS) is 25.5. The number of rotatable bonds is 5. The van der Waals surface area contributed by atoms with E-state index in [1.165, 1.54) is 70.3 Å². The number of aromatic nitrogens is 1. The van der Waals surface area contributed by atoms with E-state index in [1.807, 2.05) is 12.4 Å². The summed E-state index contributed by atoms with van der Waals surface area (Å²) in [7, 11) is 0. The van der Waals surface area contributed by atoms with Gasteiger partial charge in [0.1, 0.15) is 0 Å². The molecule has 3 heterocycles. The first-order valence-corrected chi connectivity index (χ1v) is 8.74. The van der Waals surface area contributed by atoms with E-state index in [9.17, 15) is 0 Å². The van der Waals surface area contributed by atoms with Crippen molar-refractivity contribution in [2.45, 2.75) is 57.5 Å². The molecular weight excluding hydrogens is 258 g/mol. The molecule has 0 unspecified atom stereocenters. The summed E-state index contributed by atoms with van der Waals surface area (Å²) in [5, 5.41) is 0. The smallest absolute Gasteiger partial charge is 0.0270 e. The van der Waals surface area contributed by atoms with E-state index in [2.05, 4.69) is 33.8 Å². The Labute approximate surface area is 129 Å². The van der Waals surface area contributed by atoms with Crippen LogP contribution in [0.1, 0.15) is 44.6 Å². The van der Waals surface area contributed by atoms with Crippen LogP contribution < -0.4 is 0 Å². The summed E-state index contributed by atoms with van der Waals surface area (Å²) in [5.74, 6) is 0.